The zero-order valence-electron chi connectivity index (χ0n) is 23.1. The SMILES string of the molecule is CC1CCCN(c2nc(C(F)(F)F)c(C(=O)Nc3ccc(N4CCN(C(=O)Nc5ccccc5F)CC4C)nc3)o2)C1. The van der Waals surface area contributed by atoms with Gasteiger partial charge in [-0.2, -0.15) is 18.2 Å². The summed E-state index contributed by atoms with van der Waals surface area (Å²) in [5, 5.41) is 5.00. The van der Waals surface area contributed by atoms with E-state index < -0.39 is 35.4 Å². The van der Waals surface area contributed by atoms with Gasteiger partial charge in [0.2, 0.25) is 5.76 Å². The second-order valence-corrected chi connectivity index (χ2v) is 10.6. The second-order valence-electron chi connectivity index (χ2n) is 10.6. The van der Waals surface area contributed by atoms with E-state index >= 15 is 0 Å². The van der Waals surface area contributed by atoms with Crippen LogP contribution in [0.5, 0.6) is 0 Å². The topological polar surface area (TPSA) is 107 Å². The molecule has 0 saturated carbocycles. The van der Waals surface area contributed by atoms with Crippen LogP contribution < -0.4 is 20.4 Å². The number of carbonyl (C=O) groups is 2. The van der Waals surface area contributed by atoms with E-state index in [-0.39, 0.29) is 29.3 Å². The molecule has 2 N–H and O–H groups in total. The molecule has 2 saturated heterocycles. The minimum absolute atomic E-state index is 0.0990. The molecule has 4 heterocycles. The normalized spacial score (nSPS) is 19.5. The van der Waals surface area contributed by atoms with Crippen LogP contribution in [0.1, 0.15) is 42.9 Å². The van der Waals surface area contributed by atoms with E-state index in [1.54, 1.807) is 21.9 Å². The van der Waals surface area contributed by atoms with Gasteiger partial charge in [0.05, 0.1) is 17.6 Å². The molecule has 0 spiro atoms. The number of amides is 3. The van der Waals surface area contributed by atoms with Crippen molar-refractivity contribution in [3.63, 3.8) is 0 Å². The van der Waals surface area contributed by atoms with Crippen LogP contribution >= 0.6 is 0 Å². The number of pyridine rings is 1. The number of hydrogen-bond acceptors (Lipinski definition) is 7. The van der Waals surface area contributed by atoms with E-state index in [2.05, 4.69) is 20.6 Å². The van der Waals surface area contributed by atoms with Gasteiger partial charge in [0.1, 0.15) is 11.6 Å². The minimum Gasteiger partial charge on any atom is -0.417 e. The standard InChI is InChI=1S/C28H31F4N7O3/c1-17-6-5-11-38(15-17)27-36-24(28(30,31)32)23(42-27)25(40)34-19-9-10-22(33-14-19)39-13-12-37(16-18(39)2)26(41)35-21-8-4-3-7-20(21)29/h3-4,7-10,14,17-18H,5-6,11-13,15-16H2,1-2H3,(H,34,40)(H,35,41). The smallest absolute Gasteiger partial charge is 0.417 e. The highest BCUT2D eigenvalue weighted by atomic mass is 19.4. The van der Waals surface area contributed by atoms with Crippen molar-refractivity contribution in [2.75, 3.05) is 53.2 Å². The Bertz CT molecular complexity index is 1430. The average Bonchev–Trinajstić information content (AvgIpc) is 3.42. The van der Waals surface area contributed by atoms with Crippen molar-refractivity contribution in [2.45, 2.75) is 38.9 Å². The molecule has 0 aliphatic carbocycles. The second kappa shape index (κ2) is 11.9. The summed E-state index contributed by atoms with van der Waals surface area (Å²) in [7, 11) is 0. The van der Waals surface area contributed by atoms with Gasteiger partial charge in [-0.25, -0.2) is 14.2 Å². The first-order valence-corrected chi connectivity index (χ1v) is 13.7. The van der Waals surface area contributed by atoms with Crippen LogP contribution in [0.25, 0.3) is 0 Å². The van der Waals surface area contributed by atoms with Crippen molar-refractivity contribution in [3.05, 3.63) is 59.9 Å². The number of halogens is 4. The lowest BCUT2D eigenvalue weighted by Gasteiger charge is -2.40. The van der Waals surface area contributed by atoms with Gasteiger partial charge in [0, 0.05) is 38.8 Å². The van der Waals surface area contributed by atoms with Gasteiger partial charge in [-0.1, -0.05) is 19.1 Å². The van der Waals surface area contributed by atoms with Crippen LogP contribution in [-0.4, -0.2) is 65.6 Å². The van der Waals surface area contributed by atoms with E-state index in [9.17, 15) is 27.2 Å². The maximum atomic E-state index is 13.9. The van der Waals surface area contributed by atoms with E-state index in [4.69, 9.17) is 4.42 Å². The Morgan fingerprint density at radius 3 is 2.48 bits per heavy atom. The van der Waals surface area contributed by atoms with Gasteiger partial charge in [-0.15, -0.1) is 0 Å². The number of anilines is 4. The molecule has 3 aromatic rings. The highest BCUT2D eigenvalue weighted by Crippen LogP contribution is 2.35. The molecule has 2 aliphatic rings. The number of oxazole rings is 1. The predicted octanol–water partition coefficient (Wildman–Crippen LogP) is 5.46. The van der Waals surface area contributed by atoms with Crippen molar-refractivity contribution in [1.82, 2.24) is 14.9 Å². The molecule has 10 nitrogen and oxygen atoms in total. The quantitative estimate of drug-likeness (QED) is 0.381. The highest BCUT2D eigenvalue weighted by Gasteiger charge is 2.42. The molecule has 2 aromatic heterocycles. The zero-order chi connectivity index (χ0) is 30.0. The van der Waals surface area contributed by atoms with Crippen molar-refractivity contribution >= 4 is 35.1 Å². The van der Waals surface area contributed by atoms with Gasteiger partial charge in [0.15, 0.2) is 5.69 Å². The molecule has 1 aromatic carbocycles. The number of piperidine rings is 1. The predicted molar refractivity (Wildman–Crippen MR) is 148 cm³/mol. The molecule has 2 aliphatic heterocycles. The molecule has 2 unspecified atom stereocenters. The monoisotopic (exact) mass is 589 g/mol. The lowest BCUT2D eigenvalue weighted by Crippen LogP contribution is -2.55. The summed E-state index contributed by atoms with van der Waals surface area (Å²) in [5.41, 5.74) is -1.09. The van der Waals surface area contributed by atoms with Gasteiger partial charge >= 0.3 is 12.2 Å². The van der Waals surface area contributed by atoms with Crippen LogP contribution in [-0.2, 0) is 6.18 Å². The van der Waals surface area contributed by atoms with Crippen LogP contribution in [0.15, 0.2) is 47.0 Å². The molecule has 0 radical (unpaired) electrons. The third-order valence-electron chi connectivity index (χ3n) is 7.35. The van der Waals surface area contributed by atoms with Gasteiger partial charge in [-0.05, 0) is 49.9 Å². The Morgan fingerprint density at radius 1 is 1.02 bits per heavy atom. The maximum absolute atomic E-state index is 13.9. The summed E-state index contributed by atoms with van der Waals surface area (Å²) < 4.78 is 60.4. The number of urea groups is 1. The van der Waals surface area contributed by atoms with Crippen LogP contribution in [0.2, 0.25) is 0 Å². The Hall–Kier alpha value is -4.36. The van der Waals surface area contributed by atoms with Crippen molar-refractivity contribution in [3.8, 4) is 0 Å². The Morgan fingerprint density at radius 2 is 1.81 bits per heavy atom. The lowest BCUT2D eigenvalue weighted by molar-refractivity contribution is -0.141. The third-order valence-corrected chi connectivity index (χ3v) is 7.35. The number of nitrogens with zero attached hydrogens (tertiary/aromatic N) is 5. The fourth-order valence-electron chi connectivity index (χ4n) is 5.21. The molecule has 2 fully saturated rings. The molecule has 5 rings (SSSR count). The molecule has 224 valence electrons. The number of aromatic nitrogens is 2. The molecule has 0 bridgehead atoms. The molecule has 3 amide bonds. The fourth-order valence-corrected chi connectivity index (χ4v) is 5.21. The Kier molecular flexibility index (Phi) is 8.23. The Labute approximate surface area is 239 Å². The van der Waals surface area contributed by atoms with E-state index in [1.165, 1.54) is 30.5 Å². The minimum atomic E-state index is -4.87. The summed E-state index contributed by atoms with van der Waals surface area (Å²) in [6.07, 6.45) is -1.78. The van der Waals surface area contributed by atoms with E-state index in [1.807, 2.05) is 18.7 Å². The number of piperazine rings is 1. The summed E-state index contributed by atoms with van der Waals surface area (Å²) in [5.74, 6) is -1.68. The first-order chi connectivity index (χ1) is 20.0. The largest absolute Gasteiger partial charge is 0.437 e. The molecular formula is C28H31F4N7O3. The van der Waals surface area contributed by atoms with Gasteiger partial charge in [-0.3, -0.25) is 4.79 Å². The van der Waals surface area contributed by atoms with Gasteiger partial charge in [0.25, 0.3) is 11.9 Å². The number of alkyl halides is 3. The number of carbonyl (C=O) groups excluding carboxylic acids is 2. The fraction of sp³-hybridized carbons (Fsp3) is 0.429. The Balaban J connectivity index is 1.22. The first-order valence-electron chi connectivity index (χ1n) is 13.7. The molecular weight excluding hydrogens is 558 g/mol. The zero-order valence-corrected chi connectivity index (χ0v) is 23.1. The summed E-state index contributed by atoms with van der Waals surface area (Å²) in [6.45, 7) is 6.04. The van der Waals surface area contributed by atoms with E-state index in [0.29, 0.717) is 38.5 Å². The van der Waals surface area contributed by atoms with Crippen LogP contribution in [0.3, 0.4) is 0 Å². The summed E-state index contributed by atoms with van der Waals surface area (Å²) in [4.78, 5) is 38.7. The van der Waals surface area contributed by atoms with E-state index in [0.717, 1.165) is 12.8 Å². The number of hydrogen-bond donors (Lipinski definition) is 2. The number of nitrogens with one attached hydrogen (secondary N) is 2. The van der Waals surface area contributed by atoms with Crippen molar-refractivity contribution in [1.29, 1.82) is 0 Å². The molecule has 14 heteroatoms. The summed E-state index contributed by atoms with van der Waals surface area (Å²) in [6, 6.07) is 8.30. The number of benzene rings is 1. The first kappa shape index (κ1) is 29.1. The molecule has 2 atom stereocenters. The summed E-state index contributed by atoms with van der Waals surface area (Å²) >= 11 is 0. The van der Waals surface area contributed by atoms with Crippen molar-refractivity contribution in [2.24, 2.45) is 5.92 Å². The lowest BCUT2D eigenvalue weighted by atomic mass is 10.0. The van der Waals surface area contributed by atoms with Crippen molar-refractivity contribution < 1.29 is 31.6 Å². The number of para-hydroxylation sites is 1. The highest BCUT2D eigenvalue weighted by molar-refractivity contribution is 6.03. The van der Waals surface area contributed by atoms with Crippen LogP contribution in [0.4, 0.5) is 45.6 Å². The molecule has 42 heavy (non-hydrogen) atoms. The number of rotatable bonds is 5. The maximum Gasteiger partial charge on any atom is 0.437 e. The van der Waals surface area contributed by atoms with Crippen LogP contribution in [0, 0.1) is 11.7 Å². The average molecular weight is 590 g/mol. The van der Waals surface area contributed by atoms with Gasteiger partial charge < -0.3 is 29.8 Å². The third kappa shape index (κ3) is 6.42.